The molecule has 2 heterocycles. The van der Waals surface area contributed by atoms with E-state index in [2.05, 4.69) is 19.9 Å². The minimum absolute atomic E-state index is 0.199. The van der Waals surface area contributed by atoms with Gasteiger partial charge in [-0.25, -0.2) is 9.37 Å². The maximum absolute atomic E-state index is 14.1. The van der Waals surface area contributed by atoms with Crippen molar-refractivity contribution < 1.29 is 27.1 Å². The molecule has 0 spiro atoms. The molecule has 0 atom stereocenters. The smallest absolute Gasteiger partial charge is 0.406 e. The van der Waals surface area contributed by atoms with Crippen LogP contribution in [0.15, 0.2) is 66.9 Å². The maximum Gasteiger partial charge on any atom is 0.573 e. The average Bonchev–Trinajstić information content (AvgIpc) is 2.86. The third-order valence-electron chi connectivity index (χ3n) is 5.70. The fraction of sp³-hybridized carbons (Fsp3) is 0.231. The van der Waals surface area contributed by atoms with E-state index in [1.807, 2.05) is 17.1 Å². The first-order valence-electron chi connectivity index (χ1n) is 11.4. The van der Waals surface area contributed by atoms with Crippen LogP contribution in [-0.2, 0) is 0 Å². The topological polar surface area (TPSA) is 57.7 Å². The zero-order valence-electron chi connectivity index (χ0n) is 19.5. The standard InChI is InChI=1S/C26H23ClF4N4O2/c27-24-16-19(9-10-32-24)25(36)33-22-8-5-20(28)17-23(22)35-14-12-34(13-15-35)11-1-2-18-3-6-21(7-4-18)37-26(29,30)31/h1-10,16-17H,11-15H2,(H,33,36)/b2-1+. The zero-order chi connectivity index (χ0) is 26.4. The number of carbonyl (C=O) groups excluding carboxylic acids is 1. The molecule has 0 aliphatic carbocycles. The molecule has 1 fully saturated rings. The minimum atomic E-state index is -4.72. The van der Waals surface area contributed by atoms with Crippen LogP contribution in [0.4, 0.5) is 28.9 Å². The maximum atomic E-state index is 14.1. The fourth-order valence-corrected chi connectivity index (χ4v) is 4.07. The summed E-state index contributed by atoms with van der Waals surface area (Å²) in [5, 5.41) is 3.03. The predicted octanol–water partition coefficient (Wildman–Crippen LogP) is 5.86. The highest BCUT2D eigenvalue weighted by atomic mass is 35.5. The quantitative estimate of drug-likeness (QED) is 0.304. The summed E-state index contributed by atoms with van der Waals surface area (Å²) >= 11 is 5.88. The molecular formula is C26H23ClF4N4O2. The molecule has 2 aromatic carbocycles. The number of amides is 1. The second-order valence-electron chi connectivity index (χ2n) is 8.29. The number of rotatable bonds is 7. The molecule has 3 aromatic rings. The summed E-state index contributed by atoms with van der Waals surface area (Å²) in [4.78, 5) is 20.7. The number of hydrogen-bond donors (Lipinski definition) is 1. The van der Waals surface area contributed by atoms with Gasteiger partial charge in [0.05, 0.1) is 11.4 Å². The van der Waals surface area contributed by atoms with E-state index in [9.17, 15) is 22.4 Å². The normalized spacial score (nSPS) is 14.7. The van der Waals surface area contributed by atoms with Gasteiger partial charge in [-0.05, 0) is 48.0 Å². The molecule has 0 unspecified atom stereocenters. The second kappa shape index (κ2) is 11.6. The zero-order valence-corrected chi connectivity index (χ0v) is 20.3. The number of piperazine rings is 1. The summed E-state index contributed by atoms with van der Waals surface area (Å²) in [6.45, 7) is 3.28. The van der Waals surface area contributed by atoms with Crippen molar-refractivity contribution in [1.82, 2.24) is 9.88 Å². The molecular weight excluding hydrogens is 512 g/mol. The number of hydrogen-bond acceptors (Lipinski definition) is 5. The highest BCUT2D eigenvalue weighted by molar-refractivity contribution is 6.29. The van der Waals surface area contributed by atoms with Crippen molar-refractivity contribution in [2.75, 3.05) is 42.9 Å². The minimum Gasteiger partial charge on any atom is -0.406 e. The molecule has 194 valence electrons. The summed E-state index contributed by atoms with van der Waals surface area (Å²) < 4.78 is 54.8. The number of benzene rings is 2. The van der Waals surface area contributed by atoms with Crippen molar-refractivity contribution in [3.8, 4) is 5.75 Å². The Balaban J connectivity index is 1.33. The lowest BCUT2D eigenvalue weighted by molar-refractivity contribution is -0.274. The van der Waals surface area contributed by atoms with Crippen LogP contribution in [-0.4, -0.2) is 54.9 Å². The van der Waals surface area contributed by atoms with Gasteiger partial charge in [0.1, 0.15) is 16.7 Å². The van der Waals surface area contributed by atoms with E-state index in [1.165, 1.54) is 42.6 Å². The molecule has 1 amide bonds. The first-order chi connectivity index (χ1) is 17.7. The number of alkyl halides is 3. The van der Waals surface area contributed by atoms with E-state index >= 15 is 0 Å². The number of ether oxygens (including phenoxy) is 1. The molecule has 1 saturated heterocycles. The molecule has 6 nitrogen and oxygen atoms in total. The molecule has 1 N–H and O–H groups in total. The average molecular weight is 535 g/mol. The Labute approximate surface area is 216 Å². The number of carbonyl (C=O) groups is 1. The van der Waals surface area contributed by atoms with Crippen molar-refractivity contribution in [2.45, 2.75) is 6.36 Å². The number of nitrogens with one attached hydrogen (secondary N) is 1. The van der Waals surface area contributed by atoms with E-state index in [-0.39, 0.29) is 16.8 Å². The Hall–Kier alpha value is -3.63. The largest absolute Gasteiger partial charge is 0.573 e. The Morgan fingerprint density at radius 2 is 1.78 bits per heavy atom. The van der Waals surface area contributed by atoms with Crippen molar-refractivity contribution in [3.63, 3.8) is 0 Å². The van der Waals surface area contributed by atoms with E-state index in [0.29, 0.717) is 49.7 Å². The van der Waals surface area contributed by atoms with Gasteiger partial charge in [0.15, 0.2) is 0 Å². The number of nitrogens with zero attached hydrogens (tertiary/aromatic N) is 3. The van der Waals surface area contributed by atoms with Crippen molar-refractivity contribution in [2.24, 2.45) is 0 Å². The summed E-state index contributed by atoms with van der Waals surface area (Å²) in [6.07, 6.45) is 0.484. The fourth-order valence-electron chi connectivity index (χ4n) is 3.90. The summed E-state index contributed by atoms with van der Waals surface area (Å²) in [7, 11) is 0. The van der Waals surface area contributed by atoms with Crippen LogP contribution in [0.1, 0.15) is 15.9 Å². The van der Waals surface area contributed by atoms with Crippen molar-refractivity contribution >= 4 is 35.0 Å². The Morgan fingerprint density at radius 3 is 2.46 bits per heavy atom. The lowest BCUT2D eigenvalue weighted by atomic mass is 10.1. The van der Waals surface area contributed by atoms with Gasteiger partial charge < -0.3 is 15.0 Å². The van der Waals surface area contributed by atoms with Gasteiger partial charge in [-0.2, -0.15) is 0 Å². The number of anilines is 2. The highest BCUT2D eigenvalue weighted by Gasteiger charge is 2.30. The van der Waals surface area contributed by atoms with E-state index in [4.69, 9.17) is 11.6 Å². The molecule has 0 saturated carbocycles. The van der Waals surface area contributed by atoms with Crippen LogP contribution >= 0.6 is 11.6 Å². The lowest BCUT2D eigenvalue weighted by Gasteiger charge is -2.36. The Kier molecular flexibility index (Phi) is 8.30. The first kappa shape index (κ1) is 26.4. The van der Waals surface area contributed by atoms with Crippen molar-refractivity contribution in [1.29, 1.82) is 0 Å². The molecule has 4 rings (SSSR count). The third kappa shape index (κ3) is 7.68. The molecule has 0 radical (unpaired) electrons. The first-order valence-corrected chi connectivity index (χ1v) is 11.8. The summed E-state index contributed by atoms with van der Waals surface area (Å²) in [6, 6.07) is 12.9. The van der Waals surface area contributed by atoms with Gasteiger partial charge in [0, 0.05) is 44.5 Å². The van der Waals surface area contributed by atoms with E-state index in [1.54, 1.807) is 18.2 Å². The summed E-state index contributed by atoms with van der Waals surface area (Å²) in [5.41, 5.74) is 2.17. The number of pyridine rings is 1. The van der Waals surface area contributed by atoms with Crippen LogP contribution in [0.2, 0.25) is 5.15 Å². The second-order valence-corrected chi connectivity index (χ2v) is 8.68. The molecule has 1 aromatic heterocycles. The van der Waals surface area contributed by atoms with Crippen LogP contribution < -0.4 is 15.0 Å². The van der Waals surface area contributed by atoms with Gasteiger partial charge in [0.25, 0.3) is 5.91 Å². The number of aromatic nitrogens is 1. The lowest BCUT2D eigenvalue weighted by Crippen LogP contribution is -2.46. The monoisotopic (exact) mass is 534 g/mol. The third-order valence-corrected chi connectivity index (χ3v) is 5.90. The number of halogens is 5. The Morgan fingerprint density at radius 1 is 1.05 bits per heavy atom. The van der Waals surface area contributed by atoms with Gasteiger partial charge in [-0.3, -0.25) is 9.69 Å². The Bertz CT molecular complexity index is 1260. The van der Waals surface area contributed by atoms with Gasteiger partial charge in [-0.1, -0.05) is 35.9 Å². The highest BCUT2D eigenvalue weighted by Crippen LogP contribution is 2.29. The van der Waals surface area contributed by atoms with Crippen LogP contribution in [0.5, 0.6) is 5.75 Å². The predicted molar refractivity (Wildman–Crippen MR) is 134 cm³/mol. The van der Waals surface area contributed by atoms with Gasteiger partial charge >= 0.3 is 6.36 Å². The van der Waals surface area contributed by atoms with Crippen molar-refractivity contribution in [3.05, 3.63) is 89.0 Å². The molecule has 37 heavy (non-hydrogen) atoms. The molecule has 11 heteroatoms. The SMILES string of the molecule is O=C(Nc1ccc(F)cc1N1CCN(C/C=C/c2ccc(OC(F)(F)F)cc2)CC1)c1ccnc(Cl)c1. The van der Waals surface area contributed by atoms with E-state index < -0.39 is 12.2 Å². The van der Waals surface area contributed by atoms with Gasteiger partial charge in [0.2, 0.25) is 0 Å². The molecule has 1 aliphatic rings. The van der Waals surface area contributed by atoms with Crippen LogP contribution in [0.25, 0.3) is 6.08 Å². The molecule has 0 bridgehead atoms. The molecule has 1 aliphatic heterocycles. The van der Waals surface area contributed by atoms with E-state index in [0.717, 1.165) is 5.56 Å². The van der Waals surface area contributed by atoms with Crippen LogP contribution in [0, 0.1) is 5.82 Å². The summed E-state index contributed by atoms with van der Waals surface area (Å²) in [5.74, 6) is -1.05. The van der Waals surface area contributed by atoms with Gasteiger partial charge in [-0.15, -0.1) is 13.2 Å². The van der Waals surface area contributed by atoms with Crippen LogP contribution in [0.3, 0.4) is 0 Å².